The van der Waals surface area contributed by atoms with Gasteiger partial charge in [0, 0.05) is 26.4 Å². The van der Waals surface area contributed by atoms with E-state index in [9.17, 15) is 9.59 Å². The molecule has 1 unspecified atom stereocenters. The van der Waals surface area contributed by atoms with E-state index in [0.29, 0.717) is 26.4 Å². The maximum Gasteiger partial charge on any atom is 0.243 e. The van der Waals surface area contributed by atoms with Crippen molar-refractivity contribution in [2.75, 3.05) is 40.0 Å². The molecule has 1 aromatic rings. The highest BCUT2D eigenvalue weighted by atomic mass is 16.5. The number of amides is 2. The second-order valence-corrected chi connectivity index (χ2v) is 6.28. The monoisotopic (exact) mass is 332 g/mol. The fourth-order valence-corrected chi connectivity index (χ4v) is 3.35. The van der Waals surface area contributed by atoms with E-state index < -0.39 is 0 Å². The first-order valence-electron chi connectivity index (χ1n) is 8.38. The van der Waals surface area contributed by atoms with Gasteiger partial charge < -0.3 is 14.5 Å². The highest BCUT2D eigenvalue weighted by Gasteiger charge is 2.38. The summed E-state index contributed by atoms with van der Waals surface area (Å²) in [4.78, 5) is 34.8. The third-order valence-corrected chi connectivity index (χ3v) is 4.64. The largest absolute Gasteiger partial charge is 0.383 e. The molecule has 0 radical (unpaired) electrons. The first kappa shape index (κ1) is 16.9. The third-order valence-electron chi connectivity index (χ3n) is 4.64. The number of hydrogen-bond donors (Lipinski definition) is 0. The molecule has 0 spiro atoms. The van der Waals surface area contributed by atoms with Crippen LogP contribution in [0.1, 0.15) is 18.5 Å². The minimum atomic E-state index is -0.151. The number of carbonyl (C=O) groups excluding carboxylic acids is 2. The molecule has 2 saturated heterocycles. The Labute approximate surface area is 142 Å². The number of likely N-dealkylation sites (tertiary alicyclic amines) is 1. The van der Waals surface area contributed by atoms with Crippen molar-refractivity contribution in [3.63, 3.8) is 0 Å². The molecule has 7 heteroatoms. The van der Waals surface area contributed by atoms with E-state index in [-0.39, 0.29) is 24.4 Å². The molecule has 1 atom stereocenters. The van der Waals surface area contributed by atoms with E-state index >= 15 is 0 Å². The van der Waals surface area contributed by atoms with Crippen LogP contribution < -0.4 is 0 Å². The number of nitrogens with zero attached hydrogens (tertiary/aromatic N) is 4. The minimum Gasteiger partial charge on any atom is -0.383 e. The predicted molar refractivity (Wildman–Crippen MR) is 87.8 cm³/mol. The summed E-state index contributed by atoms with van der Waals surface area (Å²) in [5, 5.41) is 0. The number of pyridine rings is 1. The van der Waals surface area contributed by atoms with Crippen molar-refractivity contribution in [1.82, 2.24) is 19.7 Å². The van der Waals surface area contributed by atoms with Crippen LogP contribution in [0.15, 0.2) is 24.4 Å². The van der Waals surface area contributed by atoms with Gasteiger partial charge in [0.15, 0.2) is 0 Å². The fraction of sp³-hybridized carbons (Fsp3) is 0.588. The van der Waals surface area contributed by atoms with Crippen molar-refractivity contribution < 1.29 is 14.3 Å². The summed E-state index contributed by atoms with van der Waals surface area (Å²) < 4.78 is 5.02. The van der Waals surface area contributed by atoms with Crippen molar-refractivity contribution in [1.29, 1.82) is 0 Å². The van der Waals surface area contributed by atoms with E-state index in [1.165, 1.54) is 0 Å². The third kappa shape index (κ3) is 3.73. The van der Waals surface area contributed by atoms with Gasteiger partial charge in [-0.2, -0.15) is 0 Å². The van der Waals surface area contributed by atoms with Gasteiger partial charge in [-0.1, -0.05) is 6.07 Å². The average molecular weight is 332 g/mol. The van der Waals surface area contributed by atoms with E-state index in [2.05, 4.69) is 9.88 Å². The highest BCUT2D eigenvalue weighted by molar-refractivity contribution is 5.90. The van der Waals surface area contributed by atoms with Gasteiger partial charge in [0.25, 0.3) is 0 Å². The van der Waals surface area contributed by atoms with Crippen LogP contribution in [0.3, 0.4) is 0 Å². The molecule has 1 aromatic heterocycles. The molecular weight excluding hydrogens is 308 g/mol. The number of hydrogen-bond acceptors (Lipinski definition) is 5. The molecule has 2 amide bonds. The molecule has 24 heavy (non-hydrogen) atoms. The molecule has 0 aliphatic carbocycles. The van der Waals surface area contributed by atoms with Crippen LogP contribution in [-0.4, -0.2) is 77.6 Å². The average Bonchev–Trinajstić information content (AvgIpc) is 3.20. The lowest BCUT2D eigenvalue weighted by Crippen LogP contribution is -2.45. The molecule has 2 aliphatic heterocycles. The lowest BCUT2D eigenvalue weighted by molar-refractivity contribution is -0.136. The first-order valence-corrected chi connectivity index (χ1v) is 8.38. The zero-order valence-corrected chi connectivity index (χ0v) is 14.1. The van der Waals surface area contributed by atoms with Crippen molar-refractivity contribution in [2.24, 2.45) is 0 Å². The molecule has 3 rings (SSSR count). The molecular formula is C17H24N4O3. The summed E-state index contributed by atoms with van der Waals surface area (Å²) in [6.07, 6.45) is 3.61. The van der Waals surface area contributed by atoms with Gasteiger partial charge in [-0.05, 0) is 31.5 Å². The lowest BCUT2D eigenvalue weighted by atomic mass is 10.2. The topological polar surface area (TPSA) is 66.0 Å². The standard InChI is InChI=1S/C17H24N4O3/c1-24-10-9-20-13-21(12-16(20)22)17(23)15-6-4-8-19(15)11-14-5-2-3-7-18-14/h2-3,5,7,15H,4,6,8-13H2,1H3. The van der Waals surface area contributed by atoms with Crippen molar-refractivity contribution in [2.45, 2.75) is 25.4 Å². The zero-order chi connectivity index (χ0) is 16.9. The fourth-order valence-electron chi connectivity index (χ4n) is 3.35. The number of methoxy groups -OCH3 is 1. The summed E-state index contributed by atoms with van der Waals surface area (Å²) in [5.41, 5.74) is 0.969. The Hall–Kier alpha value is -1.99. The van der Waals surface area contributed by atoms with Gasteiger partial charge in [-0.15, -0.1) is 0 Å². The van der Waals surface area contributed by atoms with Crippen LogP contribution in [0.25, 0.3) is 0 Å². The number of aromatic nitrogens is 1. The summed E-state index contributed by atoms with van der Waals surface area (Å²) in [6, 6.07) is 5.68. The lowest BCUT2D eigenvalue weighted by Gasteiger charge is -2.27. The summed E-state index contributed by atoms with van der Waals surface area (Å²) in [5.74, 6) is 0.0476. The Bertz CT molecular complexity index is 580. The SMILES string of the molecule is COCCN1CN(C(=O)C2CCCN2Cc2ccccn2)CC1=O. The van der Waals surface area contributed by atoms with Crippen molar-refractivity contribution in [3.8, 4) is 0 Å². The van der Waals surface area contributed by atoms with E-state index in [4.69, 9.17) is 4.74 Å². The van der Waals surface area contributed by atoms with Gasteiger partial charge in [-0.25, -0.2) is 0 Å². The Morgan fingerprint density at radius 3 is 3.04 bits per heavy atom. The van der Waals surface area contributed by atoms with Gasteiger partial charge >= 0.3 is 0 Å². The Morgan fingerprint density at radius 1 is 1.42 bits per heavy atom. The summed E-state index contributed by atoms with van der Waals surface area (Å²) in [7, 11) is 1.61. The Morgan fingerprint density at radius 2 is 2.29 bits per heavy atom. The van der Waals surface area contributed by atoms with E-state index in [1.807, 2.05) is 18.2 Å². The smallest absolute Gasteiger partial charge is 0.243 e. The van der Waals surface area contributed by atoms with Crippen molar-refractivity contribution in [3.05, 3.63) is 30.1 Å². The van der Waals surface area contributed by atoms with E-state index in [0.717, 1.165) is 25.1 Å². The quantitative estimate of drug-likeness (QED) is 0.751. The number of rotatable bonds is 6. The molecule has 0 saturated carbocycles. The summed E-state index contributed by atoms with van der Waals surface area (Å²) in [6.45, 7) is 3.13. The Balaban J connectivity index is 1.60. The van der Waals surface area contributed by atoms with Crippen LogP contribution in [0, 0.1) is 0 Å². The first-order chi connectivity index (χ1) is 11.7. The van der Waals surface area contributed by atoms with Gasteiger partial charge in [0.1, 0.15) is 6.54 Å². The molecule has 0 aromatic carbocycles. The maximum atomic E-state index is 12.9. The van der Waals surface area contributed by atoms with Crippen LogP contribution >= 0.6 is 0 Å². The molecule has 2 fully saturated rings. The van der Waals surface area contributed by atoms with Gasteiger partial charge in [0.05, 0.1) is 25.0 Å². The molecule has 3 heterocycles. The van der Waals surface area contributed by atoms with Gasteiger partial charge in [0.2, 0.25) is 11.8 Å². The van der Waals surface area contributed by atoms with Crippen LogP contribution in [0.5, 0.6) is 0 Å². The number of carbonyl (C=O) groups is 2. The number of ether oxygens (including phenoxy) is 1. The molecule has 7 nitrogen and oxygen atoms in total. The van der Waals surface area contributed by atoms with Crippen molar-refractivity contribution >= 4 is 11.8 Å². The normalized spacial score (nSPS) is 21.7. The second-order valence-electron chi connectivity index (χ2n) is 6.28. The molecule has 0 N–H and O–H groups in total. The second kappa shape index (κ2) is 7.72. The molecule has 2 aliphatic rings. The Kier molecular flexibility index (Phi) is 5.42. The van der Waals surface area contributed by atoms with Crippen LogP contribution in [0.2, 0.25) is 0 Å². The van der Waals surface area contributed by atoms with Crippen LogP contribution in [-0.2, 0) is 20.9 Å². The predicted octanol–water partition coefficient (Wildman–Crippen LogP) is 0.321. The maximum absolute atomic E-state index is 12.9. The zero-order valence-electron chi connectivity index (χ0n) is 14.1. The molecule has 0 bridgehead atoms. The van der Waals surface area contributed by atoms with E-state index in [1.54, 1.807) is 23.1 Å². The highest BCUT2D eigenvalue weighted by Crippen LogP contribution is 2.22. The minimum absolute atomic E-state index is 0.00493. The summed E-state index contributed by atoms with van der Waals surface area (Å²) >= 11 is 0. The van der Waals surface area contributed by atoms with Crippen LogP contribution in [0.4, 0.5) is 0 Å². The molecule has 130 valence electrons. The van der Waals surface area contributed by atoms with Gasteiger partial charge in [-0.3, -0.25) is 19.5 Å².